The third kappa shape index (κ3) is 2.26. The van der Waals surface area contributed by atoms with Gasteiger partial charge in [-0.3, -0.25) is 4.90 Å². The predicted octanol–water partition coefficient (Wildman–Crippen LogP) is 4.30. The van der Waals surface area contributed by atoms with E-state index in [1.54, 1.807) is 4.90 Å². The van der Waals surface area contributed by atoms with Gasteiger partial charge in [0.15, 0.2) is 0 Å². The lowest BCUT2D eigenvalue weighted by Crippen LogP contribution is -2.37. The van der Waals surface area contributed by atoms with Crippen LogP contribution in [0.25, 0.3) is 5.57 Å². The van der Waals surface area contributed by atoms with Crippen LogP contribution in [-0.2, 0) is 10.9 Å². The minimum atomic E-state index is -4.34. The Labute approximate surface area is 126 Å². The Morgan fingerprint density at radius 3 is 2.36 bits per heavy atom. The third-order valence-electron chi connectivity index (χ3n) is 4.24. The molecule has 0 radical (unpaired) electrons. The van der Waals surface area contributed by atoms with Crippen molar-refractivity contribution in [3.8, 4) is 0 Å². The minimum absolute atomic E-state index is 0.0314. The van der Waals surface area contributed by atoms with E-state index in [2.05, 4.69) is 0 Å². The van der Waals surface area contributed by atoms with E-state index in [0.717, 1.165) is 23.4 Å². The number of carbonyl (C=O) groups excluding carboxylic acids is 1. The fourth-order valence-corrected chi connectivity index (χ4v) is 2.96. The Bertz CT molecular complexity index is 659. The van der Waals surface area contributed by atoms with E-state index < -0.39 is 11.7 Å². The van der Waals surface area contributed by atoms with E-state index in [4.69, 9.17) is 4.74 Å². The molecule has 2 fully saturated rings. The van der Waals surface area contributed by atoms with Crippen molar-refractivity contribution in [2.24, 2.45) is 5.41 Å². The molecule has 1 amide bonds. The summed E-state index contributed by atoms with van der Waals surface area (Å²) in [5, 5.41) is 0. The van der Waals surface area contributed by atoms with Gasteiger partial charge in [0.25, 0.3) is 0 Å². The van der Waals surface area contributed by atoms with Crippen LogP contribution in [0.15, 0.2) is 30.0 Å². The first kappa shape index (κ1) is 14.9. The molecule has 1 aromatic carbocycles. The molecule has 0 unspecified atom stereocenters. The van der Waals surface area contributed by atoms with Crippen LogP contribution in [0.2, 0.25) is 0 Å². The first-order chi connectivity index (χ1) is 10.1. The van der Waals surface area contributed by atoms with Gasteiger partial charge in [-0.15, -0.1) is 0 Å². The van der Waals surface area contributed by atoms with Gasteiger partial charge in [-0.1, -0.05) is 26.0 Å². The molecule has 2 heterocycles. The summed E-state index contributed by atoms with van der Waals surface area (Å²) in [6.45, 7) is 6.17. The number of halogens is 3. The highest BCUT2D eigenvalue weighted by atomic mass is 19.4. The predicted molar refractivity (Wildman–Crippen MR) is 74.8 cm³/mol. The molecule has 118 valence electrons. The Morgan fingerprint density at radius 2 is 1.86 bits per heavy atom. The lowest BCUT2D eigenvalue weighted by molar-refractivity contribution is -0.137. The quantitative estimate of drug-likeness (QED) is 0.724. The second-order valence-corrected chi connectivity index (χ2v) is 6.40. The fraction of sp³-hybridized carbons (Fsp3) is 0.438. The van der Waals surface area contributed by atoms with E-state index in [9.17, 15) is 18.0 Å². The van der Waals surface area contributed by atoms with Crippen molar-refractivity contribution in [1.82, 2.24) is 4.90 Å². The number of nitrogens with zero attached hydrogens (tertiary/aromatic N) is 1. The molecule has 0 bridgehead atoms. The van der Waals surface area contributed by atoms with E-state index >= 15 is 0 Å². The van der Waals surface area contributed by atoms with Crippen LogP contribution < -0.4 is 0 Å². The van der Waals surface area contributed by atoms with Crippen molar-refractivity contribution in [1.29, 1.82) is 0 Å². The average molecular weight is 311 g/mol. The molecule has 0 aliphatic carbocycles. The fourth-order valence-electron chi connectivity index (χ4n) is 2.96. The number of alkyl halides is 3. The minimum Gasteiger partial charge on any atom is -0.448 e. The zero-order chi connectivity index (χ0) is 16.3. The topological polar surface area (TPSA) is 29.3 Å². The summed E-state index contributed by atoms with van der Waals surface area (Å²) in [5.74, 6) is 0. The number of cyclic esters (lactones) is 1. The smallest absolute Gasteiger partial charge is 0.416 e. The maximum atomic E-state index is 12.6. The number of allylic oxidation sites excluding steroid dienone is 1. The Kier molecular flexibility index (Phi) is 3.06. The zero-order valence-electron chi connectivity index (χ0n) is 12.5. The summed E-state index contributed by atoms with van der Waals surface area (Å²) in [4.78, 5) is 13.4. The molecule has 0 spiro atoms. The van der Waals surface area contributed by atoms with E-state index in [-0.39, 0.29) is 17.6 Å². The van der Waals surface area contributed by atoms with Crippen molar-refractivity contribution >= 4 is 11.7 Å². The lowest BCUT2D eigenvalue weighted by atomic mass is 9.87. The highest BCUT2D eigenvalue weighted by Gasteiger charge is 2.59. The number of fused-ring (bicyclic) bond motifs is 1. The number of carbonyl (C=O) groups is 1. The molecule has 2 saturated heterocycles. The van der Waals surface area contributed by atoms with Crippen molar-refractivity contribution in [3.63, 3.8) is 0 Å². The number of benzene rings is 1. The van der Waals surface area contributed by atoms with Crippen LogP contribution in [-0.4, -0.2) is 23.6 Å². The van der Waals surface area contributed by atoms with Crippen LogP contribution in [0.4, 0.5) is 18.0 Å². The van der Waals surface area contributed by atoms with Gasteiger partial charge in [-0.05, 0) is 30.2 Å². The molecule has 0 saturated carbocycles. The highest BCUT2D eigenvalue weighted by molar-refractivity contribution is 5.85. The van der Waals surface area contributed by atoms with Crippen LogP contribution in [0.3, 0.4) is 0 Å². The first-order valence-corrected chi connectivity index (χ1v) is 6.97. The third-order valence-corrected chi connectivity index (χ3v) is 4.24. The van der Waals surface area contributed by atoms with E-state index in [0.29, 0.717) is 12.2 Å². The van der Waals surface area contributed by atoms with Crippen molar-refractivity contribution < 1.29 is 22.7 Å². The molecule has 6 heteroatoms. The monoisotopic (exact) mass is 311 g/mol. The molecule has 1 aromatic rings. The van der Waals surface area contributed by atoms with Gasteiger partial charge in [0.2, 0.25) is 0 Å². The molecular formula is C16H16F3NO2. The number of amides is 1. The summed E-state index contributed by atoms with van der Waals surface area (Å²) in [7, 11) is 0. The summed E-state index contributed by atoms with van der Waals surface area (Å²) in [6, 6.07) is 4.97. The molecule has 0 N–H and O–H groups in total. The Morgan fingerprint density at radius 1 is 1.27 bits per heavy atom. The van der Waals surface area contributed by atoms with Gasteiger partial charge in [0.05, 0.1) is 17.3 Å². The Hall–Kier alpha value is -1.98. The largest absolute Gasteiger partial charge is 0.448 e. The van der Waals surface area contributed by atoms with Crippen molar-refractivity contribution in [2.75, 3.05) is 6.61 Å². The van der Waals surface area contributed by atoms with Gasteiger partial charge in [0.1, 0.15) is 6.61 Å². The van der Waals surface area contributed by atoms with Gasteiger partial charge in [-0.2, -0.15) is 13.2 Å². The molecule has 0 aromatic heterocycles. The van der Waals surface area contributed by atoms with Crippen LogP contribution in [0, 0.1) is 5.41 Å². The van der Waals surface area contributed by atoms with Crippen LogP contribution >= 0.6 is 0 Å². The van der Waals surface area contributed by atoms with Gasteiger partial charge in [-0.25, -0.2) is 4.79 Å². The molecule has 2 aliphatic rings. The van der Waals surface area contributed by atoms with E-state index in [1.165, 1.54) is 12.1 Å². The number of hydrogen-bond donors (Lipinski definition) is 0. The van der Waals surface area contributed by atoms with Crippen molar-refractivity contribution in [3.05, 3.63) is 41.1 Å². The molecule has 1 atom stereocenters. The Balaban J connectivity index is 1.94. The molecule has 2 aliphatic heterocycles. The van der Waals surface area contributed by atoms with Crippen molar-refractivity contribution in [2.45, 2.75) is 33.0 Å². The molecule has 3 rings (SSSR count). The summed E-state index contributed by atoms with van der Waals surface area (Å²) in [6.07, 6.45) is -4.73. The van der Waals surface area contributed by atoms with Gasteiger partial charge in [0, 0.05) is 5.41 Å². The number of ether oxygens (including phenoxy) is 1. The number of rotatable bonds is 1. The normalized spacial score (nSPS) is 25.5. The summed E-state index contributed by atoms with van der Waals surface area (Å²) < 4.78 is 42.9. The van der Waals surface area contributed by atoms with E-state index in [1.807, 2.05) is 20.8 Å². The number of hydrogen-bond acceptors (Lipinski definition) is 2. The summed E-state index contributed by atoms with van der Waals surface area (Å²) >= 11 is 0. The van der Waals surface area contributed by atoms with Crippen LogP contribution in [0.5, 0.6) is 0 Å². The lowest BCUT2D eigenvalue weighted by Gasteiger charge is -2.27. The van der Waals surface area contributed by atoms with Gasteiger partial charge >= 0.3 is 12.3 Å². The second kappa shape index (κ2) is 4.51. The van der Waals surface area contributed by atoms with Crippen LogP contribution in [0.1, 0.15) is 31.9 Å². The van der Waals surface area contributed by atoms with Gasteiger partial charge < -0.3 is 4.74 Å². The average Bonchev–Trinajstić information content (AvgIpc) is 3.19. The second-order valence-electron chi connectivity index (χ2n) is 6.40. The first-order valence-electron chi connectivity index (χ1n) is 6.97. The standard InChI is InChI=1S/C16H16F3NO2/c1-9(10-4-6-11(7-5-10)16(17,18)19)12-13-15(2,3)8-22-14(21)20(12)13/h4-7,13H,8H2,1-3H3/b12-9+/t13-,20?/m1/s1. The SMILES string of the molecule is C/C(=C1/[C@H]2N1C(=O)OCC2(C)C)c1ccc(C(F)(F)F)cc1. The molecular weight excluding hydrogens is 295 g/mol. The molecule has 22 heavy (non-hydrogen) atoms. The zero-order valence-corrected chi connectivity index (χ0v) is 12.5. The maximum Gasteiger partial charge on any atom is 0.416 e. The maximum absolute atomic E-state index is 12.6. The molecule has 3 nitrogen and oxygen atoms in total. The summed E-state index contributed by atoms with van der Waals surface area (Å²) in [5.41, 5.74) is 1.46. The highest BCUT2D eigenvalue weighted by Crippen LogP contribution is 2.51.